The minimum Gasteiger partial charge on any atom is -0.331 e. The van der Waals surface area contributed by atoms with Gasteiger partial charge in [-0.15, -0.1) is 0 Å². The number of rotatable bonds is 4. The van der Waals surface area contributed by atoms with Gasteiger partial charge in [-0.3, -0.25) is 0 Å². The lowest BCUT2D eigenvalue weighted by Crippen LogP contribution is -2.81. The predicted octanol–water partition coefficient (Wildman–Crippen LogP) is 1.60. The molecule has 0 saturated carbocycles. The van der Waals surface area contributed by atoms with Crippen molar-refractivity contribution in [3.05, 3.63) is 91.0 Å². The number of likely N-dealkylation sites (N-methyl/N-ethyl adjacent to an activating group) is 2. The van der Waals surface area contributed by atoms with Crippen LogP contribution in [0.4, 0.5) is 0 Å². The smallest absolute Gasteiger partial charge is 0.311 e. The first-order valence-electron chi connectivity index (χ1n) is 9.31. The highest BCUT2D eigenvalue weighted by atomic mass is 28.3. The molecule has 0 spiro atoms. The second kappa shape index (κ2) is 7.23. The minimum absolute atomic E-state index is 0.398. The van der Waals surface area contributed by atoms with Crippen LogP contribution in [0.3, 0.4) is 0 Å². The summed E-state index contributed by atoms with van der Waals surface area (Å²) in [5.74, 6) is 0. The maximum Gasteiger partial charge on any atom is 0.311 e. The minimum atomic E-state index is -2.27. The fraction of sp³-hybridized carbons (Fsp3) is 0.182. The van der Waals surface area contributed by atoms with Gasteiger partial charge in [-0.05, 0) is 27.2 Å². The lowest BCUT2D eigenvalue weighted by atomic mass is 10.1. The van der Waals surface area contributed by atoms with Gasteiger partial charge < -0.3 is 9.62 Å². The highest BCUT2D eigenvalue weighted by Crippen LogP contribution is 2.19. The second-order valence-electron chi connectivity index (χ2n) is 7.24. The molecule has 130 valence electrons. The molecule has 1 fully saturated rings. The Balaban J connectivity index is 2.07. The van der Waals surface area contributed by atoms with E-state index in [1.165, 1.54) is 15.6 Å². The highest BCUT2D eigenvalue weighted by molar-refractivity contribution is 7.48. The zero-order chi connectivity index (χ0) is 18.0. The van der Waals surface area contributed by atoms with Crippen molar-refractivity contribution in [2.24, 2.45) is 0 Å². The summed E-state index contributed by atoms with van der Waals surface area (Å²) >= 11 is 0. The molecule has 3 aromatic rings. The average Bonchev–Trinajstić information content (AvgIpc) is 3.04. The molecule has 0 aromatic heterocycles. The summed E-state index contributed by atoms with van der Waals surface area (Å²) in [5, 5.41) is 4.43. The average molecular weight is 356 g/mol. The van der Waals surface area contributed by atoms with Gasteiger partial charge >= 0.3 is 6.57 Å². The molecule has 0 radical (unpaired) electrons. The summed E-state index contributed by atoms with van der Waals surface area (Å²) < 4.78 is 0. The van der Waals surface area contributed by atoms with Crippen LogP contribution in [-0.4, -0.2) is 51.3 Å². The maximum atomic E-state index is 2.55. The van der Waals surface area contributed by atoms with Gasteiger partial charge in [-0.25, -0.2) is 0 Å². The zero-order valence-corrected chi connectivity index (χ0v) is 16.5. The monoisotopic (exact) mass is 356 g/mol. The van der Waals surface area contributed by atoms with E-state index in [0.29, 0.717) is 6.57 Å². The van der Waals surface area contributed by atoms with Crippen molar-refractivity contribution in [2.75, 3.05) is 27.2 Å². The topological polar surface area (TPSA) is 6.48 Å². The van der Waals surface area contributed by atoms with E-state index in [2.05, 4.69) is 115 Å². The van der Waals surface area contributed by atoms with E-state index in [0.717, 1.165) is 13.1 Å². The maximum absolute atomic E-state index is 2.55. The molecule has 2 nitrogen and oxygen atoms in total. The summed E-state index contributed by atoms with van der Waals surface area (Å²) in [6.07, 6.45) is 0. The number of hydrogen-bond donors (Lipinski definition) is 0. The molecule has 0 bridgehead atoms. The van der Waals surface area contributed by atoms with E-state index in [1.807, 2.05) is 0 Å². The molecule has 1 heterocycles. The Hall–Kier alpha value is -2.14. The Morgan fingerprint density at radius 3 is 1.19 bits per heavy atom. The number of hydrogen-bond acceptors (Lipinski definition) is 2. The van der Waals surface area contributed by atoms with Crippen molar-refractivity contribution in [1.82, 2.24) is 9.62 Å². The van der Waals surface area contributed by atoms with Crippen LogP contribution in [0.1, 0.15) is 0 Å². The van der Waals surface area contributed by atoms with Crippen LogP contribution in [0.15, 0.2) is 91.0 Å². The Morgan fingerprint density at radius 1 is 0.577 bits per heavy atom. The molecular weight excluding hydrogens is 331 g/mol. The van der Waals surface area contributed by atoms with Crippen molar-refractivity contribution in [3.8, 4) is 0 Å². The third-order valence-corrected chi connectivity index (χ3v) is 11.1. The third kappa shape index (κ3) is 2.75. The fourth-order valence-corrected chi connectivity index (χ4v) is 10.2. The largest absolute Gasteiger partial charge is 0.331 e. The van der Waals surface area contributed by atoms with Crippen LogP contribution >= 0.6 is 0 Å². The Labute approximate surface area is 158 Å². The molecule has 0 atom stereocenters. The van der Waals surface area contributed by atoms with Gasteiger partial charge in [-0.1, -0.05) is 107 Å². The standard InChI is InChI=1S/C22H25BN2Si/c1-24-18-19-25(2)23(24)26(20-12-6-3-7-13-20,21-14-8-4-9-15-21)22-16-10-5-11-17-22/h3-17H,18-19H2,1-2H3. The van der Waals surface area contributed by atoms with E-state index in [-0.39, 0.29) is 0 Å². The lowest BCUT2D eigenvalue weighted by Gasteiger charge is -2.41. The van der Waals surface area contributed by atoms with Crippen LogP contribution in [-0.2, 0) is 0 Å². The predicted molar refractivity (Wildman–Crippen MR) is 115 cm³/mol. The quantitative estimate of drug-likeness (QED) is 0.518. The van der Waals surface area contributed by atoms with E-state index in [4.69, 9.17) is 0 Å². The summed E-state index contributed by atoms with van der Waals surface area (Å²) in [4.78, 5) is 5.11. The molecule has 0 N–H and O–H groups in total. The van der Waals surface area contributed by atoms with Crippen molar-refractivity contribution in [3.63, 3.8) is 0 Å². The fourth-order valence-electron chi connectivity index (χ4n) is 4.61. The Bertz CT molecular complexity index is 735. The molecule has 1 aliphatic heterocycles. The first kappa shape index (κ1) is 17.3. The second-order valence-corrected chi connectivity index (χ2v) is 11.1. The summed E-state index contributed by atoms with van der Waals surface area (Å²) in [6, 6.07) is 33.6. The van der Waals surface area contributed by atoms with Gasteiger partial charge in [-0.2, -0.15) is 0 Å². The van der Waals surface area contributed by atoms with Crippen LogP contribution < -0.4 is 15.6 Å². The van der Waals surface area contributed by atoms with Crippen molar-refractivity contribution < 1.29 is 0 Å². The van der Waals surface area contributed by atoms with E-state index in [9.17, 15) is 0 Å². The SMILES string of the molecule is CN1CCN(C)B1[Si](c1ccccc1)(c1ccccc1)c1ccccc1. The Morgan fingerprint density at radius 2 is 0.885 bits per heavy atom. The molecule has 3 aromatic carbocycles. The number of benzene rings is 3. The molecule has 1 aliphatic rings. The molecule has 4 rings (SSSR count). The van der Waals surface area contributed by atoms with Gasteiger partial charge in [0.15, 0.2) is 7.94 Å². The summed E-state index contributed by atoms with van der Waals surface area (Å²) in [7, 11) is 2.30. The van der Waals surface area contributed by atoms with Crippen LogP contribution in [0.5, 0.6) is 0 Å². The van der Waals surface area contributed by atoms with E-state index < -0.39 is 7.94 Å². The molecule has 26 heavy (non-hydrogen) atoms. The van der Waals surface area contributed by atoms with Crippen LogP contribution in [0.25, 0.3) is 0 Å². The third-order valence-electron chi connectivity index (χ3n) is 5.72. The van der Waals surface area contributed by atoms with Crippen molar-refractivity contribution in [2.45, 2.75) is 0 Å². The first-order chi connectivity index (χ1) is 12.7. The van der Waals surface area contributed by atoms with Gasteiger partial charge in [0.2, 0.25) is 0 Å². The molecular formula is C22H25BN2Si. The number of nitrogens with zero attached hydrogens (tertiary/aromatic N) is 2. The molecule has 1 saturated heterocycles. The van der Waals surface area contributed by atoms with E-state index >= 15 is 0 Å². The zero-order valence-electron chi connectivity index (χ0n) is 15.5. The van der Waals surface area contributed by atoms with E-state index in [1.54, 1.807) is 0 Å². The molecule has 0 unspecified atom stereocenters. The molecule has 0 aliphatic carbocycles. The lowest BCUT2D eigenvalue weighted by molar-refractivity contribution is 0.553. The highest BCUT2D eigenvalue weighted by Gasteiger charge is 2.55. The van der Waals surface area contributed by atoms with Crippen LogP contribution in [0.2, 0.25) is 0 Å². The summed E-state index contributed by atoms with van der Waals surface area (Å²) in [5.41, 5.74) is 0. The van der Waals surface area contributed by atoms with Crippen molar-refractivity contribution in [1.29, 1.82) is 0 Å². The van der Waals surface area contributed by atoms with Gasteiger partial charge in [0, 0.05) is 0 Å². The van der Waals surface area contributed by atoms with Gasteiger partial charge in [0.25, 0.3) is 0 Å². The van der Waals surface area contributed by atoms with Gasteiger partial charge in [0.05, 0.1) is 0 Å². The van der Waals surface area contributed by atoms with Crippen LogP contribution in [0, 0.1) is 0 Å². The molecule has 0 amide bonds. The normalized spacial score (nSPS) is 16.2. The summed E-state index contributed by atoms with van der Waals surface area (Å²) in [6.45, 7) is 2.62. The molecule has 4 heteroatoms. The Kier molecular flexibility index (Phi) is 4.81. The van der Waals surface area contributed by atoms with Gasteiger partial charge in [0.1, 0.15) is 0 Å². The first-order valence-corrected chi connectivity index (χ1v) is 11.4. The van der Waals surface area contributed by atoms with Crippen molar-refractivity contribution >= 4 is 30.1 Å².